The topological polar surface area (TPSA) is 80.4 Å². The van der Waals surface area contributed by atoms with Crippen molar-refractivity contribution in [2.45, 2.75) is 18.9 Å². The average Bonchev–Trinajstić information content (AvgIpc) is 2.40. The summed E-state index contributed by atoms with van der Waals surface area (Å²) in [5.74, 6) is -0.643. The number of hydrogen-bond donors (Lipinski definition) is 4. The van der Waals surface area contributed by atoms with Crippen LogP contribution in [-0.4, -0.2) is 34.4 Å². The molecule has 6 heteroatoms. The summed E-state index contributed by atoms with van der Waals surface area (Å²) in [4.78, 5) is 23.5. The highest BCUT2D eigenvalue weighted by atomic mass is 32.1. The van der Waals surface area contributed by atoms with Gasteiger partial charge in [0.25, 0.3) is 0 Å². The number of carbonyl (C=O) groups is 2. The summed E-state index contributed by atoms with van der Waals surface area (Å²) in [5, 5.41) is 8.95. The van der Waals surface area contributed by atoms with Gasteiger partial charge in [-0.2, -0.15) is 25.3 Å². The molecule has 0 aliphatic heterocycles. The largest absolute Gasteiger partial charge is 0.480 e. The van der Waals surface area contributed by atoms with Gasteiger partial charge in [0.05, 0.1) is 5.41 Å². The van der Waals surface area contributed by atoms with E-state index in [4.69, 9.17) is 10.8 Å². The number of thiol groups is 2. The summed E-state index contributed by atoms with van der Waals surface area (Å²) in [6, 6.07) is -1.06. The smallest absolute Gasteiger partial charge is 0.320 e. The van der Waals surface area contributed by atoms with Crippen LogP contribution in [0.2, 0.25) is 0 Å². The van der Waals surface area contributed by atoms with Crippen LogP contribution in [0.3, 0.4) is 0 Å². The van der Waals surface area contributed by atoms with Gasteiger partial charge < -0.3 is 10.8 Å². The lowest BCUT2D eigenvalue weighted by Crippen LogP contribution is -2.43. The van der Waals surface area contributed by atoms with E-state index in [9.17, 15) is 9.59 Å². The number of carbonyl (C=O) groups excluding carboxylic acids is 1. The van der Waals surface area contributed by atoms with Crippen molar-refractivity contribution < 1.29 is 14.7 Å². The minimum absolute atomic E-state index is 0.0326. The van der Waals surface area contributed by atoms with E-state index in [0.29, 0.717) is 17.9 Å². The van der Waals surface area contributed by atoms with E-state index in [1.165, 1.54) is 0 Å². The first kappa shape index (κ1) is 16.3. The van der Waals surface area contributed by atoms with E-state index < -0.39 is 17.4 Å². The molecule has 1 unspecified atom stereocenters. The minimum Gasteiger partial charge on any atom is -0.480 e. The maximum absolute atomic E-state index is 12.6. The molecule has 1 aliphatic carbocycles. The zero-order valence-corrected chi connectivity index (χ0v) is 12.3. The second-order valence-corrected chi connectivity index (χ2v) is 5.45. The Morgan fingerprint density at radius 3 is 2.37 bits per heavy atom. The summed E-state index contributed by atoms with van der Waals surface area (Å²) in [7, 11) is 0. The van der Waals surface area contributed by atoms with E-state index in [-0.39, 0.29) is 18.1 Å². The third kappa shape index (κ3) is 3.87. The van der Waals surface area contributed by atoms with Gasteiger partial charge in [-0.1, -0.05) is 24.3 Å². The third-order valence-corrected chi connectivity index (χ3v) is 4.23. The number of ketones is 1. The monoisotopic (exact) mass is 301 g/mol. The molecule has 0 heterocycles. The number of Topliss-reactive ketones (excluding diaryl/α,β-unsaturated/α-hetero) is 1. The first-order valence-corrected chi connectivity index (χ1v) is 7.32. The van der Waals surface area contributed by atoms with Crippen LogP contribution in [-0.2, 0) is 9.59 Å². The van der Waals surface area contributed by atoms with Gasteiger partial charge in [-0.25, -0.2) is 0 Å². The van der Waals surface area contributed by atoms with Crippen molar-refractivity contribution in [3.8, 4) is 0 Å². The number of nitrogens with two attached hydrogens (primary N) is 1. The van der Waals surface area contributed by atoms with Crippen LogP contribution < -0.4 is 5.73 Å². The molecule has 0 spiro atoms. The van der Waals surface area contributed by atoms with E-state index >= 15 is 0 Å². The van der Waals surface area contributed by atoms with E-state index in [2.05, 4.69) is 25.3 Å². The molecular weight excluding hydrogens is 282 g/mol. The van der Waals surface area contributed by atoms with Crippen molar-refractivity contribution in [3.05, 3.63) is 24.3 Å². The molecule has 1 rings (SSSR count). The predicted octanol–water partition coefficient (Wildman–Crippen LogP) is 1.34. The Kier molecular flexibility index (Phi) is 6.16. The minimum atomic E-state index is -1.09. The Bertz CT molecular complexity index is 405. The Morgan fingerprint density at radius 2 is 1.95 bits per heavy atom. The van der Waals surface area contributed by atoms with Crippen molar-refractivity contribution in [3.63, 3.8) is 0 Å². The second-order valence-electron chi connectivity index (χ2n) is 4.72. The fraction of sp³-hybridized carbons (Fsp3) is 0.538. The SMILES string of the molecule is N[C@@H](CC1(C(=O)C(CS)CS)C=CC=CC1)C(=O)O. The summed E-state index contributed by atoms with van der Waals surface area (Å²) in [5.41, 5.74) is 4.76. The fourth-order valence-corrected chi connectivity index (χ4v) is 3.00. The highest BCUT2D eigenvalue weighted by Crippen LogP contribution is 2.37. The number of rotatable bonds is 7. The van der Waals surface area contributed by atoms with Gasteiger partial charge in [0.2, 0.25) is 0 Å². The van der Waals surface area contributed by atoms with Crippen molar-refractivity contribution in [1.29, 1.82) is 0 Å². The van der Waals surface area contributed by atoms with Crippen LogP contribution in [0.15, 0.2) is 24.3 Å². The highest BCUT2D eigenvalue weighted by molar-refractivity contribution is 7.81. The van der Waals surface area contributed by atoms with Gasteiger partial charge in [-0.05, 0) is 12.8 Å². The molecule has 106 valence electrons. The molecule has 0 radical (unpaired) electrons. The third-order valence-electron chi connectivity index (χ3n) is 3.35. The van der Waals surface area contributed by atoms with Crippen LogP contribution in [0, 0.1) is 11.3 Å². The number of allylic oxidation sites excluding steroid dienone is 4. The number of carboxylic acids is 1. The van der Waals surface area contributed by atoms with Crippen LogP contribution in [0.1, 0.15) is 12.8 Å². The lowest BCUT2D eigenvalue weighted by atomic mass is 9.70. The van der Waals surface area contributed by atoms with Gasteiger partial charge in [-0.15, -0.1) is 0 Å². The lowest BCUT2D eigenvalue weighted by Gasteiger charge is -2.33. The maximum Gasteiger partial charge on any atom is 0.320 e. The van der Waals surface area contributed by atoms with E-state index in [1.54, 1.807) is 12.2 Å². The van der Waals surface area contributed by atoms with Crippen LogP contribution in [0.5, 0.6) is 0 Å². The zero-order valence-electron chi connectivity index (χ0n) is 10.5. The standard InChI is InChI=1S/C13H19NO3S2/c14-10(12(16)17)6-13(4-2-1-3-5-13)11(15)9(7-18)8-19/h1-4,9-10,18-19H,5-8,14H2,(H,16,17)/t10-,13?/m0/s1. The average molecular weight is 301 g/mol. The van der Waals surface area contributed by atoms with E-state index in [0.717, 1.165) is 0 Å². The summed E-state index contributed by atoms with van der Waals surface area (Å²) in [6.07, 6.45) is 7.80. The molecule has 0 aromatic carbocycles. The molecule has 0 aromatic heterocycles. The molecule has 0 amide bonds. The molecule has 0 fully saturated rings. The highest BCUT2D eigenvalue weighted by Gasteiger charge is 2.41. The van der Waals surface area contributed by atoms with Gasteiger partial charge in [-0.3, -0.25) is 9.59 Å². The molecule has 4 nitrogen and oxygen atoms in total. The van der Waals surface area contributed by atoms with E-state index in [1.807, 2.05) is 12.2 Å². The Labute approximate surface area is 124 Å². The summed E-state index contributed by atoms with van der Waals surface area (Å²) < 4.78 is 0. The van der Waals surface area contributed by atoms with Crippen LogP contribution >= 0.6 is 25.3 Å². The maximum atomic E-state index is 12.6. The van der Waals surface area contributed by atoms with Gasteiger partial charge >= 0.3 is 5.97 Å². The molecule has 0 saturated carbocycles. The van der Waals surface area contributed by atoms with Gasteiger partial charge in [0.1, 0.15) is 11.8 Å². The molecule has 1 aliphatic rings. The number of carboxylic acid groups (broad SMARTS) is 1. The fourth-order valence-electron chi connectivity index (χ4n) is 2.21. The van der Waals surface area contributed by atoms with Crippen LogP contribution in [0.25, 0.3) is 0 Å². The van der Waals surface area contributed by atoms with Crippen molar-refractivity contribution in [1.82, 2.24) is 0 Å². The second kappa shape index (κ2) is 7.17. The first-order chi connectivity index (χ1) is 8.96. The zero-order chi connectivity index (χ0) is 14.5. The van der Waals surface area contributed by atoms with Crippen molar-refractivity contribution >= 4 is 37.0 Å². The van der Waals surface area contributed by atoms with Crippen molar-refractivity contribution in [2.75, 3.05) is 11.5 Å². The normalized spacial score (nSPS) is 23.6. The molecule has 0 bridgehead atoms. The number of aliphatic carboxylic acids is 1. The molecule has 0 aromatic rings. The Hall–Kier alpha value is -0.720. The van der Waals surface area contributed by atoms with Crippen molar-refractivity contribution in [2.24, 2.45) is 17.1 Å². The van der Waals surface area contributed by atoms with Crippen LogP contribution in [0.4, 0.5) is 0 Å². The molecule has 2 atom stereocenters. The number of hydrogen-bond acceptors (Lipinski definition) is 5. The van der Waals surface area contributed by atoms with Gasteiger partial charge in [0, 0.05) is 17.4 Å². The first-order valence-electron chi connectivity index (χ1n) is 6.05. The summed E-state index contributed by atoms with van der Waals surface area (Å²) >= 11 is 8.33. The molecule has 0 saturated heterocycles. The lowest BCUT2D eigenvalue weighted by molar-refractivity contribution is -0.140. The quantitative estimate of drug-likeness (QED) is 0.535. The predicted molar refractivity (Wildman–Crippen MR) is 81.8 cm³/mol. The van der Waals surface area contributed by atoms with Gasteiger partial charge in [0.15, 0.2) is 0 Å². The molecule has 19 heavy (non-hydrogen) atoms. The Balaban J connectivity index is 3.00. The molecule has 3 N–H and O–H groups in total. The molecular formula is C13H19NO3S2. The summed E-state index contributed by atoms with van der Waals surface area (Å²) in [6.45, 7) is 0. The Morgan fingerprint density at radius 1 is 1.32 bits per heavy atom.